The van der Waals surface area contributed by atoms with Crippen LogP contribution in [0, 0.1) is 0 Å². The Kier molecular flexibility index (Phi) is 4.00. The van der Waals surface area contributed by atoms with Gasteiger partial charge in [0.15, 0.2) is 0 Å². The third kappa shape index (κ3) is 2.83. The van der Waals surface area contributed by atoms with Crippen LogP contribution in [0.1, 0.15) is 24.0 Å². The number of carbonyl (C=O) groups excluding carboxylic acids is 1. The maximum absolute atomic E-state index is 11.8. The van der Waals surface area contributed by atoms with Gasteiger partial charge in [-0.15, -0.1) is 0 Å². The number of hydrogen-bond donors (Lipinski definition) is 1. The quantitative estimate of drug-likeness (QED) is 0.888. The van der Waals surface area contributed by atoms with E-state index in [9.17, 15) is 4.79 Å². The topological polar surface area (TPSA) is 35.6 Å². The van der Waals surface area contributed by atoms with E-state index >= 15 is 0 Å². The molecule has 4 heteroatoms. The van der Waals surface area contributed by atoms with Crippen molar-refractivity contribution >= 4 is 5.91 Å². The summed E-state index contributed by atoms with van der Waals surface area (Å²) in [5.41, 5.74) is 3.25. The third-order valence-electron chi connectivity index (χ3n) is 5.04. The van der Waals surface area contributed by atoms with Crippen LogP contribution < -0.4 is 5.32 Å². The highest BCUT2D eigenvalue weighted by atomic mass is 16.2. The van der Waals surface area contributed by atoms with Gasteiger partial charge < -0.3 is 10.2 Å². The lowest BCUT2D eigenvalue weighted by molar-refractivity contribution is -0.130. The number of likely N-dealkylation sites (tertiary alicyclic amines) is 1. The Hall–Kier alpha value is -1.39. The number of piperidine rings is 1. The van der Waals surface area contributed by atoms with Gasteiger partial charge in [0.05, 0.1) is 6.54 Å². The van der Waals surface area contributed by atoms with Crippen LogP contribution in [0.5, 0.6) is 0 Å². The number of carbonyl (C=O) groups is 1. The van der Waals surface area contributed by atoms with Gasteiger partial charge in [-0.05, 0) is 37.1 Å². The Morgan fingerprint density at radius 2 is 2.00 bits per heavy atom. The molecule has 114 valence electrons. The molecule has 0 saturated carbocycles. The zero-order valence-corrected chi connectivity index (χ0v) is 13.1. The molecule has 0 atom stereocenters. The Bertz CT molecular complexity index is 519. The maximum atomic E-state index is 11.8. The van der Waals surface area contributed by atoms with Gasteiger partial charge in [0, 0.05) is 32.6 Å². The first-order chi connectivity index (χ1) is 10.1. The molecule has 1 amide bonds. The largest absolute Gasteiger partial charge is 0.348 e. The van der Waals surface area contributed by atoms with E-state index in [1.165, 1.54) is 11.1 Å². The molecule has 0 aromatic heterocycles. The molecule has 1 spiro atoms. The number of nitrogens with zero attached hydrogens (tertiary/aromatic N) is 2. The molecule has 0 bridgehead atoms. The van der Waals surface area contributed by atoms with Crippen LogP contribution in [-0.2, 0) is 16.8 Å². The Labute approximate surface area is 127 Å². The fourth-order valence-electron chi connectivity index (χ4n) is 3.64. The summed E-state index contributed by atoms with van der Waals surface area (Å²) in [6, 6.07) is 8.83. The van der Waals surface area contributed by atoms with Crippen LogP contribution in [0.3, 0.4) is 0 Å². The molecule has 1 saturated heterocycles. The average Bonchev–Trinajstić information content (AvgIpc) is 2.50. The maximum Gasteiger partial charge on any atom is 0.236 e. The van der Waals surface area contributed by atoms with Crippen molar-refractivity contribution in [2.24, 2.45) is 0 Å². The zero-order chi connectivity index (χ0) is 14.9. The Morgan fingerprint density at radius 3 is 2.71 bits per heavy atom. The summed E-state index contributed by atoms with van der Waals surface area (Å²) < 4.78 is 0. The highest BCUT2D eigenvalue weighted by Gasteiger charge is 2.39. The van der Waals surface area contributed by atoms with Gasteiger partial charge in [0.2, 0.25) is 5.91 Å². The molecule has 3 rings (SSSR count). The second kappa shape index (κ2) is 5.78. The van der Waals surface area contributed by atoms with Crippen LogP contribution in [0.25, 0.3) is 0 Å². The summed E-state index contributed by atoms with van der Waals surface area (Å²) in [7, 11) is 3.66. The van der Waals surface area contributed by atoms with E-state index in [-0.39, 0.29) is 11.3 Å². The fraction of sp³-hybridized carbons (Fsp3) is 0.588. The summed E-state index contributed by atoms with van der Waals surface area (Å²) in [5, 5.41) is 3.58. The van der Waals surface area contributed by atoms with E-state index < -0.39 is 0 Å². The lowest BCUT2D eigenvalue weighted by atomic mass is 9.69. The number of hydrogen-bond acceptors (Lipinski definition) is 3. The van der Waals surface area contributed by atoms with Gasteiger partial charge in [0.1, 0.15) is 0 Å². The number of likely N-dealkylation sites (N-methyl/N-ethyl adjacent to an activating group) is 1. The van der Waals surface area contributed by atoms with Gasteiger partial charge in [-0.25, -0.2) is 0 Å². The van der Waals surface area contributed by atoms with Gasteiger partial charge >= 0.3 is 0 Å². The van der Waals surface area contributed by atoms with E-state index in [4.69, 9.17) is 0 Å². The summed E-state index contributed by atoms with van der Waals surface area (Å²) >= 11 is 0. The standard InChI is InChI=1S/C17H25N3O/c1-19(2)16(21)12-20-9-7-17(8-10-20)13-18-11-14-5-3-4-6-15(14)17/h3-6,18H,7-13H2,1-2H3. The molecule has 2 aliphatic rings. The smallest absolute Gasteiger partial charge is 0.236 e. The predicted molar refractivity (Wildman–Crippen MR) is 84.2 cm³/mol. The average molecular weight is 287 g/mol. The van der Waals surface area contributed by atoms with E-state index in [0.29, 0.717) is 6.54 Å². The van der Waals surface area contributed by atoms with E-state index in [1.54, 1.807) is 4.90 Å². The number of nitrogens with one attached hydrogen (secondary N) is 1. The third-order valence-corrected chi connectivity index (χ3v) is 5.04. The fourth-order valence-corrected chi connectivity index (χ4v) is 3.64. The molecular weight excluding hydrogens is 262 g/mol. The molecule has 1 aromatic rings. The molecular formula is C17H25N3O. The lowest BCUT2D eigenvalue weighted by Crippen LogP contribution is -2.52. The van der Waals surface area contributed by atoms with Crippen molar-refractivity contribution in [1.29, 1.82) is 0 Å². The van der Waals surface area contributed by atoms with Gasteiger partial charge in [-0.2, -0.15) is 0 Å². The predicted octanol–water partition coefficient (Wildman–Crippen LogP) is 1.21. The van der Waals surface area contributed by atoms with Crippen molar-refractivity contribution in [3.8, 4) is 0 Å². The SMILES string of the molecule is CN(C)C(=O)CN1CCC2(CC1)CNCc1ccccc12. The van der Waals surface area contributed by atoms with Crippen molar-refractivity contribution in [2.75, 3.05) is 40.3 Å². The number of benzene rings is 1. The molecule has 21 heavy (non-hydrogen) atoms. The first-order valence-corrected chi connectivity index (χ1v) is 7.82. The summed E-state index contributed by atoms with van der Waals surface area (Å²) in [6.07, 6.45) is 2.27. The molecule has 2 aliphatic heterocycles. The number of fused-ring (bicyclic) bond motifs is 2. The molecule has 1 fully saturated rings. The Morgan fingerprint density at radius 1 is 1.29 bits per heavy atom. The molecule has 2 heterocycles. The van der Waals surface area contributed by atoms with Crippen LogP contribution in [-0.4, -0.2) is 56.0 Å². The van der Waals surface area contributed by atoms with Crippen molar-refractivity contribution in [2.45, 2.75) is 24.8 Å². The van der Waals surface area contributed by atoms with E-state index in [1.807, 2.05) is 14.1 Å². The monoisotopic (exact) mass is 287 g/mol. The first-order valence-electron chi connectivity index (χ1n) is 7.82. The van der Waals surface area contributed by atoms with Gasteiger partial charge in [0.25, 0.3) is 0 Å². The van der Waals surface area contributed by atoms with Crippen LogP contribution in [0.4, 0.5) is 0 Å². The van der Waals surface area contributed by atoms with E-state index in [2.05, 4.69) is 34.5 Å². The second-order valence-corrected chi connectivity index (χ2v) is 6.61. The van der Waals surface area contributed by atoms with Gasteiger partial charge in [-0.3, -0.25) is 9.69 Å². The van der Waals surface area contributed by atoms with Crippen LogP contribution in [0.2, 0.25) is 0 Å². The molecule has 1 N–H and O–H groups in total. The van der Waals surface area contributed by atoms with Crippen molar-refractivity contribution in [3.63, 3.8) is 0 Å². The van der Waals surface area contributed by atoms with Crippen LogP contribution >= 0.6 is 0 Å². The van der Waals surface area contributed by atoms with Crippen LogP contribution in [0.15, 0.2) is 24.3 Å². The minimum absolute atomic E-state index is 0.202. The summed E-state index contributed by atoms with van der Waals surface area (Å²) in [4.78, 5) is 15.8. The van der Waals surface area contributed by atoms with Crippen molar-refractivity contribution in [3.05, 3.63) is 35.4 Å². The molecule has 0 aliphatic carbocycles. The molecule has 0 unspecified atom stereocenters. The minimum atomic E-state index is 0.202. The molecule has 1 aromatic carbocycles. The summed E-state index contributed by atoms with van der Waals surface area (Å²) in [6.45, 7) is 4.63. The highest BCUT2D eigenvalue weighted by molar-refractivity contribution is 5.77. The lowest BCUT2D eigenvalue weighted by Gasteiger charge is -2.45. The normalized spacial score (nSPS) is 21.0. The Balaban J connectivity index is 1.70. The zero-order valence-electron chi connectivity index (χ0n) is 13.1. The minimum Gasteiger partial charge on any atom is -0.348 e. The molecule has 0 radical (unpaired) electrons. The second-order valence-electron chi connectivity index (χ2n) is 6.61. The van der Waals surface area contributed by atoms with Gasteiger partial charge in [-0.1, -0.05) is 24.3 Å². The first kappa shape index (κ1) is 14.5. The van der Waals surface area contributed by atoms with Crippen molar-refractivity contribution in [1.82, 2.24) is 15.1 Å². The highest BCUT2D eigenvalue weighted by Crippen LogP contribution is 2.39. The van der Waals surface area contributed by atoms with E-state index in [0.717, 1.165) is 39.0 Å². The molecule has 4 nitrogen and oxygen atoms in total. The number of amides is 1. The van der Waals surface area contributed by atoms with Crippen molar-refractivity contribution < 1.29 is 4.79 Å². The number of rotatable bonds is 2. The summed E-state index contributed by atoms with van der Waals surface area (Å²) in [5.74, 6) is 0.202.